The van der Waals surface area contributed by atoms with Crippen molar-refractivity contribution in [3.8, 4) is 11.5 Å². The molecule has 4 heteroatoms. The Bertz CT molecular complexity index is 891. The Kier molecular flexibility index (Phi) is 4.61. The molecule has 0 bridgehead atoms. The number of hydrogen-bond acceptors (Lipinski definition) is 4. The largest absolute Gasteiger partial charge is 0.497 e. The predicted molar refractivity (Wildman–Crippen MR) is 97.5 cm³/mol. The lowest BCUT2D eigenvalue weighted by molar-refractivity contribution is -0.130. The molecule has 1 aliphatic rings. The maximum Gasteiger partial charge on any atom is 0.343 e. The van der Waals surface area contributed by atoms with Crippen LogP contribution in [0.1, 0.15) is 22.3 Å². The molecule has 0 radical (unpaired) electrons. The molecule has 1 heterocycles. The van der Waals surface area contributed by atoms with Gasteiger partial charge < -0.3 is 14.2 Å². The van der Waals surface area contributed by atoms with Gasteiger partial charge in [0.25, 0.3) is 0 Å². The van der Waals surface area contributed by atoms with E-state index in [0.717, 1.165) is 16.7 Å². The number of esters is 1. The second-order valence-corrected chi connectivity index (χ2v) is 5.92. The lowest BCUT2D eigenvalue weighted by Crippen LogP contribution is -1.98. The average Bonchev–Trinajstić information content (AvgIpc) is 2.95. The van der Waals surface area contributed by atoms with Gasteiger partial charge in [-0.05, 0) is 49.8 Å². The molecule has 0 aliphatic carbocycles. The first-order valence-electron chi connectivity index (χ1n) is 7.97. The van der Waals surface area contributed by atoms with Gasteiger partial charge in [-0.25, -0.2) is 4.79 Å². The van der Waals surface area contributed by atoms with E-state index in [1.54, 1.807) is 32.4 Å². The van der Waals surface area contributed by atoms with Gasteiger partial charge in [-0.3, -0.25) is 0 Å². The van der Waals surface area contributed by atoms with Crippen molar-refractivity contribution in [2.75, 3.05) is 14.2 Å². The molecule has 0 atom stereocenters. The van der Waals surface area contributed by atoms with Gasteiger partial charge in [0.05, 0.1) is 19.8 Å². The highest BCUT2D eigenvalue weighted by atomic mass is 16.5. The summed E-state index contributed by atoms with van der Waals surface area (Å²) < 4.78 is 16.1. The van der Waals surface area contributed by atoms with Crippen LogP contribution in [-0.2, 0) is 9.53 Å². The van der Waals surface area contributed by atoms with Crippen LogP contribution in [0.5, 0.6) is 11.5 Å². The Labute approximate surface area is 147 Å². The van der Waals surface area contributed by atoms with Gasteiger partial charge in [-0.1, -0.05) is 23.8 Å². The van der Waals surface area contributed by atoms with E-state index in [9.17, 15) is 4.79 Å². The van der Waals surface area contributed by atoms with Crippen LogP contribution in [0.4, 0.5) is 0 Å². The summed E-state index contributed by atoms with van der Waals surface area (Å²) in [5.74, 6) is 1.54. The van der Waals surface area contributed by atoms with Crippen LogP contribution in [0.2, 0.25) is 0 Å². The first kappa shape index (κ1) is 16.8. The fourth-order valence-corrected chi connectivity index (χ4v) is 2.83. The smallest absolute Gasteiger partial charge is 0.343 e. The van der Waals surface area contributed by atoms with E-state index in [1.807, 2.05) is 38.1 Å². The maximum absolute atomic E-state index is 12.3. The highest BCUT2D eigenvalue weighted by molar-refractivity contribution is 6.05. The molecular formula is C21H20O4. The lowest BCUT2D eigenvalue weighted by Gasteiger charge is -2.07. The molecule has 2 aromatic rings. The van der Waals surface area contributed by atoms with E-state index < -0.39 is 0 Å². The highest BCUT2D eigenvalue weighted by Crippen LogP contribution is 2.32. The monoisotopic (exact) mass is 336 g/mol. The lowest BCUT2D eigenvalue weighted by atomic mass is 10.0. The third-order valence-corrected chi connectivity index (χ3v) is 4.12. The van der Waals surface area contributed by atoms with Crippen LogP contribution in [0.3, 0.4) is 0 Å². The maximum atomic E-state index is 12.3. The Morgan fingerprint density at radius 2 is 1.80 bits per heavy atom. The molecule has 0 fully saturated rings. The number of carbonyl (C=O) groups is 1. The van der Waals surface area contributed by atoms with Gasteiger partial charge in [0.2, 0.25) is 0 Å². The molecule has 0 unspecified atom stereocenters. The van der Waals surface area contributed by atoms with Crippen LogP contribution in [0.25, 0.3) is 11.8 Å². The van der Waals surface area contributed by atoms with E-state index in [4.69, 9.17) is 14.2 Å². The number of benzene rings is 2. The summed E-state index contributed by atoms with van der Waals surface area (Å²) in [4.78, 5) is 12.3. The second kappa shape index (κ2) is 6.85. The molecule has 1 aliphatic heterocycles. The summed E-state index contributed by atoms with van der Waals surface area (Å²) in [6.07, 6.45) is 3.51. The zero-order valence-electron chi connectivity index (χ0n) is 14.8. The highest BCUT2D eigenvalue weighted by Gasteiger charge is 2.23. The van der Waals surface area contributed by atoms with Crippen LogP contribution < -0.4 is 9.47 Å². The van der Waals surface area contributed by atoms with Crippen LogP contribution >= 0.6 is 0 Å². The van der Waals surface area contributed by atoms with Crippen molar-refractivity contribution in [1.29, 1.82) is 0 Å². The Hall–Kier alpha value is -3.01. The number of rotatable bonds is 4. The number of ether oxygens (including phenoxy) is 3. The molecule has 3 rings (SSSR count). The molecule has 0 amide bonds. The third kappa shape index (κ3) is 3.43. The fourth-order valence-electron chi connectivity index (χ4n) is 2.83. The SMILES string of the molecule is COc1ccc(OC)c(/C=C2\C=C(c3ccc(C)cc3C)OC2=O)c1. The van der Waals surface area contributed by atoms with Gasteiger partial charge in [0.1, 0.15) is 17.3 Å². The van der Waals surface area contributed by atoms with Crippen molar-refractivity contribution in [2.45, 2.75) is 13.8 Å². The van der Waals surface area contributed by atoms with E-state index >= 15 is 0 Å². The Morgan fingerprint density at radius 1 is 1.00 bits per heavy atom. The topological polar surface area (TPSA) is 44.8 Å². The van der Waals surface area contributed by atoms with Crippen LogP contribution in [-0.4, -0.2) is 20.2 Å². The minimum atomic E-state index is -0.375. The van der Waals surface area contributed by atoms with Crippen molar-refractivity contribution in [3.63, 3.8) is 0 Å². The number of cyclic esters (lactones) is 1. The normalized spacial score (nSPS) is 15.1. The predicted octanol–water partition coefficient (Wildman–Crippen LogP) is 4.30. The van der Waals surface area contributed by atoms with Crippen LogP contribution in [0, 0.1) is 13.8 Å². The van der Waals surface area contributed by atoms with Crippen molar-refractivity contribution in [3.05, 3.63) is 70.3 Å². The summed E-state index contributed by atoms with van der Waals surface area (Å²) in [5, 5.41) is 0. The zero-order valence-corrected chi connectivity index (χ0v) is 14.8. The molecule has 25 heavy (non-hydrogen) atoms. The molecule has 0 aromatic heterocycles. The van der Waals surface area contributed by atoms with Crippen molar-refractivity contribution < 1.29 is 19.0 Å². The van der Waals surface area contributed by atoms with E-state index in [-0.39, 0.29) is 5.97 Å². The summed E-state index contributed by atoms with van der Waals surface area (Å²) in [5.41, 5.74) is 4.38. The van der Waals surface area contributed by atoms with Gasteiger partial charge in [0, 0.05) is 11.1 Å². The minimum Gasteiger partial charge on any atom is -0.497 e. The first-order valence-corrected chi connectivity index (χ1v) is 7.97. The number of hydrogen-bond donors (Lipinski definition) is 0. The quantitative estimate of drug-likeness (QED) is 0.617. The summed E-state index contributed by atoms with van der Waals surface area (Å²) in [6, 6.07) is 11.5. The van der Waals surface area contributed by atoms with Gasteiger partial charge >= 0.3 is 5.97 Å². The van der Waals surface area contributed by atoms with Crippen molar-refractivity contribution >= 4 is 17.8 Å². The van der Waals surface area contributed by atoms with Gasteiger partial charge in [-0.2, -0.15) is 0 Å². The van der Waals surface area contributed by atoms with E-state index in [1.165, 1.54) is 5.56 Å². The first-order chi connectivity index (χ1) is 12.0. The summed E-state index contributed by atoms with van der Waals surface area (Å²) in [6.45, 7) is 4.04. The zero-order chi connectivity index (χ0) is 18.0. The van der Waals surface area contributed by atoms with E-state index in [0.29, 0.717) is 22.8 Å². The summed E-state index contributed by atoms with van der Waals surface area (Å²) in [7, 11) is 3.19. The number of methoxy groups -OCH3 is 2. The van der Waals surface area contributed by atoms with Crippen molar-refractivity contribution in [1.82, 2.24) is 0 Å². The molecule has 0 N–H and O–H groups in total. The average molecular weight is 336 g/mol. The Morgan fingerprint density at radius 3 is 2.48 bits per heavy atom. The molecule has 0 saturated heterocycles. The molecular weight excluding hydrogens is 316 g/mol. The molecule has 0 spiro atoms. The molecule has 2 aromatic carbocycles. The third-order valence-electron chi connectivity index (χ3n) is 4.12. The van der Waals surface area contributed by atoms with Crippen LogP contribution in [0.15, 0.2) is 48.0 Å². The number of carbonyl (C=O) groups excluding carboxylic acids is 1. The van der Waals surface area contributed by atoms with Gasteiger partial charge in [-0.15, -0.1) is 0 Å². The minimum absolute atomic E-state index is 0.375. The van der Waals surface area contributed by atoms with Gasteiger partial charge in [0.15, 0.2) is 0 Å². The summed E-state index contributed by atoms with van der Waals surface area (Å²) >= 11 is 0. The van der Waals surface area contributed by atoms with Crippen molar-refractivity contribution in [2.24, 2.45) is 0 Å². The molecule has 4 nitrogen and oxygen atoms in total. The molecule has 0 saturated carbocycles. The van der Waals surface area contributed by atoms with E-state index in [2.05, 4.69) is 6.07 Å². The standard InChI is InChI=1S/C21H20O4/c1-13-5-7-18(14(2)9-13)20-12-16(21(22)25-20)10-15-11-17(23-3)6-8-19(15)24-4/h5-12H,1-4H3/b16-10+. The Balaban J connectivity index is 2.01. The fraction of sp³-hybridized carbons (Fsp3) is 0.190. The molecule has 128 valence electrons. The second-order valence-electron chi connectivity index (χ2n) is 5.92. The number of aryl methyl sites for hydroxylation is 2.